The molecule has 0 saturated carbocycles. The smallest absolute Gasteiger partial charge is 0.261 e. The van der Waals surface area contributed by atoms with E-state index in [1.165, 1.54) is 9.70 Å². The first-order valence-corrected chi connectivity index (χ1v) is 7.21. The Bertz CT molecular complexity index is 771. The number of tetrazole rings is 1. The number of nitrogens with zero attached hydrogens (tertiary/aromatic N) is 6. The summed E-state index contributed by atoms with van der Waals surface area (Å²) in [7, 11) is 0. The van der Waals surface area contributed by atoms with E-state index in [2.05, 4.69) is 21.5 Å². The summed E-state index contributed by atoms with van der Waals surface area (Å²) in [5.74, 6) is -0.368. The van der Waals surface area contributed by atoms with Crippen molar-refractivity contribution in [3.63, 3.8) is 0 Å². The van der Waals surface area contributed by atoms with Crippen molar-refractivity contribution >= 4 is 11.8 Å². The number of aromatic nitrogens is 4. The minimum atomic E-state index is -0.295. The number of nitriles is 1. The summed E-state index contributed by atoms with van der Waals surface area (Å²) in [6, 6.07) is 8.85. The SMILES string of the molecule is C[C@H](C#N)Cn1nnc(CCN2C(=O)c3ccccc3C2=O)n1. The highest BCUT2D eigenvalue weighted by molar-refractivity contribution is 6.21. The summed E-state index contributed by atoms with van der Waals surface area (Å²) >= 11 is 0. The van der Waals surface area contributed by atoms with Gasteiger partial charge in [0.15, 0.2) is 5.82 Å². The van der Waals surface area contributed by atoms with Gasteiger partial charge in [0.2, 0.25) is 0 Å². The van der Waals surface area contributed by atoms with E-state index < -0.39 is 0 Å². The molecule has 2 aromatic rings. The van der Waals surface area contributed by atoms with Crippen LogP contribution < -0.4 is 0 Å². The van der Waals surface area contributed by atoms with E-state index >= 15 is 0 Å². The van der Waals surface area contributed by atoms with Crippen molar-refractivity contribution in [2.45, 2.75) is 19.9 Å². The van der Waals surface area contributed by atoms with Gasteiger partial charge < -0.3 is 0 Å². The maximum absolute atomic E-state index is 12.2. The van der Waals surface area contributed by atoms with E-state index in [9.17, 15) is 9.59 Å². The molecule has 0 aliphatic carbocycles. The lowest BCUT2D eigenvalue weighted by molar-refractivity contribution is 0.0655. The van der Waals surface area contributed by atoms with E-state index in [1.54, 1.807) is 31.2 Å². The van der Waals surface area contributed by atoms with E-state index in [0.29, 0.717) is 29.9 Å². The van der Waals surface area contributed by atoms with Crippen LogP contribution in [0.1, 0.15) is 33.5 Å². The second kappa shape index (κ2) is 5.96. The molecule has 0 radical (unpaired) electrons. The first kappa shape index (κ1) is 14.8. The highest BCUT2D eigenvalue weighted by Gasteiger charge is 2.34. The Labute approximate surface area is 132 Å². The predicted molar refractivity (Wildman–Crippen MR) is 78.1 cm³/mol. The fourth-order valence-corrected chi connectivity index (χ4v) is 2.39. The summed E-state index contributed by atoms with van der Waals surface area (Å²) in [5.41, 5.74) is 0.855. The average molecular weight is 310 g/mol. The van der Waals surface area contributed by atoms with Crippen LogP contribution in [0.2, 0.25) is 0 Å². The van der Waals surface area contributed by atoms with Crippen LogP contribution in [0.15, 0.2) is 24.3 Å². The van der Waals surface area contributed by atoms with Crippen LogP contribution in [-0.4, -0.2) is 43.5 Å². The van der Waals surface area contributed by atoms with Gasteiger partial charge >= 0.3 is 0 Å². The molecule has 1 aromatic heterocycles. The Morgan fingerprint density at radius 3 is 2.48 bits per heavy atom. The average Bonchev–Trinajstić information content (AvgIpc) is 3.10. The minimum Gasteiger partial charge on any atom is -0.274 e. The third-order valence-electron chi connectivity index (χ3n) is 3.59. The molecule has 2 heterocycles. The summed E-state index contributed by atoms with van der Waals surface area (Å²) in [5, 5.41) is 20.7. The van der Waals surface area contributed by atoms with Gasteiger partial charge in [0.1, 0.15) is 0 Å². The third-order valence-corrected chi connectivity index (χ3v) is 3.59. The van der Waals surface area contributed by atoms with Crippen molar-refractivity contribution in [3.8, 4) is 6.07 Å². The van der Waals surface area contributed by atoms with Crippen LogP contribution in [0.25, 0.3) is 0 Å². The Balaban J connectivity index is 1.65. The Hall–Kier alpha value is -3.08. The number of fused-ring (bicyclic) bond motifs is 1. The second-order valence-corrected chi connectivity index (χ2v) is 5.35. The van der Waals surface area contributed by atoms with Gasteiger partial charge in [0, 0.05) is 13.0 Å². The van der Waals surface area contributed by atoms with Crippen molar-refractivity contribution in [2.24, 2.45) is 5.92 Å². The van der Waals surface area contributed by atoms with Crippen molar-refractivity contribution in [1.29, 1.82) is 5.26 Å². The third kappa shape index (κ3) is 2.81. The summed E-state index contributed by atoms with van der Waals surface area (Å²) in [4.78, 5) is 27.0. The van der Waals surface area contributed by atoms with Crippen LogP contribution in [0.5, 0.6) is 0 Å². The fraction of sp³-hybridized carbons (Fsp3) is 0.333. The lowest BCUT2D eigenvalue weighted by Crippen LogP contribution is -2.32. The summed E-state index contributed by atoms with van der Waals surface area (Å²) < 4.78 is 0. The van der Waals surface area contributed by atoms with Gasteiger partial charge in [-0.2, -0.15) is 10.1 Å². The number of carbonyl (C=O) groups excluding carboxylic acids is 2. The molecule has 0 spiro atoms. The number of hydrogen-bond acceptors (Lipinski definition) is 6. The largest absolute Gasteiger partial charge is 0.274 e. The van der Waals surface area contributed by atoms with E-state index in [4.69, 9.17) is 5.26 Å². The van der Waals surface area contributed by atoms with Crippen LogP contribution in [-0.2, 0) is 13.0 Å². The van der Waals surface area contributed by atoms with E-state index in [-0.39, 0.29) is 24.3 Å². The number of hydrogen-bond donors (Lipinski definition) is 0. The minimum absolute atomic E-state index is 0.200. The predicted octanol–water partition coefficient (Wildman–Crippen LogP) is 0.671. The molecular formula is C15H14N6O2. The molecule has 3 rings (SSSR count). The standard InChI is InChI=1S/C15H14N6O2/c1-10(8-16)9-21-18-13(17-19-21)6-7-20-14(22)11-4-2-3-5-12(11)15(20)23/h2-5,10H,6-7,9H2,1H3/t10-/m1/s1. The number of amides is 2. The van der Waals surface area contributed by atoms with Gasteiger partial charge in [0.05, 0.1) is 29.7 Å². The fourth-order valence-electron chi connectivity index (χ4n) is 2.39. The molecule has 1 aromatic carbocycles. The molecule has 8 nitrogen and oxygen atoms in total. The molecule has 0 saturated heterocycles. The molecule has 0 unspecified atom stereocenters. The molecule has 0 bridgehead atoms. The Kier molecular flexibility index (Phi) is 3.85. The van der Waals surface area contributed by atoms with Crippen molar-refractivity contribution in [2.75, 3.05) is 6.54 Å². The van der Waals surface area contributed by atoms with Crippen LogP contribution >= 0.6 is 0 Å². The number of imide groups is 1. The zero-order valence-corrected chi connectivity index (χ0v) is 12.5. The molecule has 1 atom stereocenters. The van der Waals surface area contributed by atoms with Gasteiger partial charge in [-0.25, -0.2) is 0 Å². The topological polar surface area (TPSA) is 105 Å². The quantitative estimate of drug-likeness (QED) is 0.752. The van der Waals surface area contributed by atoms with Gasteiger partial charge in [0.25, 0.3) is 11.8 Å². The van der Waals surface area contributed by atoms with Gasteiger partial charge in [-0.3, -0.25) is 14.5 Å². The first-order chi connectivity index (χ1) is 11.1. The molecule has 8 heteroatoms. The van der Waals surface area contributed by atoms with Crippen molar-refractivity contribution in [1.82, 2.24) is 25.1 Å². The Morgan fingerprint density at radius 1 is 1.22 bits per heavy atom. The highest BCUT2D eigenvalue weighted by Crippen LogP contribution is 2.22. The zero-order chi connectivity index (χ0) is 16.4. The molecule has 116 valence electrons. The Morgan fingerprint density at radius 2 is 1.87 bits per heavy atom. The monoisotopic (exact) mass is 310 g/mol. The van der Waals surface area contributed by atoms with Gasteiger partial charge in [-0.1, -0.05) is 12.1 Å². The first-order valence-electron chi connectivity index (χ1n) is 7.21. The van der Waals surface area contributed by atoms with Gasteiger partial charge in [-0.15, -0.1) is 10.2 Å². The van der Waals surface area contributed by atoms with Crippen LogP contribution in [0, 0.1) is 17.2 Å². The van der Waals surface area contributed by atoms with Crippen LogP contribution in [0.3, 0.4) is 0 Å². The maximum atomic E-state index is 12.2. The summed E-state index contributed by atoms with van der Waals surface area (Å²) in [6.07, 6.45) is 0.326. The zero-order valence-electron chi connectivity index (χ0n) is 12.5. The maximum Gasteiger partial charge on any atom is 0.261 e. The summed E-state index contributed by atoms with van der Waals surface area (Å²) in [6.45, 7) is 2.32. The number of carbonyl (C=O) groups is 2. The van der Waals surface area contributed by atoms with E-state index in [0.717, 1.165) is 0 Å². The molecule has 23 heavy (non-hydrogen) atoms. The normalized spacial score (nSPS) is 14.7. The molecular weight excluding hydrogens is 296 g/mol. The lowest BCUT2D eigenvalue weighted by Gasteiger charge is -2.11. The lowest BCUT2D eigenvalue weighted by atomic mass is 10.1. The molecule has 1 aliphatic heterocycles. The van der Waals surface area contributed by atoms with Crippen molar-refractivity contribution < 1.29 is 9.59 Å². The molecule has 0 N–H and O–H groups in total. The van der Waals surface area contributed by atoms with Crippen molar-refractivity contribution in [3.05, 3.63) is 41.2 Å². The van der Waals surface area contributed by atoms with Crippen LogP contribution in [0.4, 0.5) is 0 Å². The van der Waals surface area contributed by atoms with Gasteiger partial charge in [-0.05, 0) is 24.3 Å². The number of rotatable bonds is 5. The highest BCUT2D eigenvalue weighted by atomic mass is 16.2. The molecule has 2 amide bonds. The molecule has 0 fully saturated rings. The number of benzene rings is 1. The second-order valence-electron chi connectivity index (χ2n) is 5.35. The molecule has 1 aliphatic rings. The van der Waals surface area contributed by atoms with E-state index in [1.807, 2.05) is 0 Å².